The lowest BCUT2D eigenvalue weighted by molar-refractivity contribution is 0.329. The van der Waals surface area contributed by atoms with Gasteiger partial charge in [-0.25, -0.2) is 9.98 Å². The first-order valence-electron chi connectivity index (χ1n) is 8.06. The number of thiazole rings is 1. The maximum Gasteiger partial charge on any atom is 0.191 e. The van der Waals surface area contributed by atoms with Crippen LogP contribution in [0.5, 0.6) is 0 Å². The standard InChI is InChI=1S/C16H28N4S/c1-5-17-16(20-14-8-6-11(2)7-9-14)18-10-15-12(3)19-13(4)21-15/h11,14H,5-10H2,1-4H3,(H2,17,18,20). The third-order valence-electron chi connectivity index (χ3n) is 4.08. The van der Waals surface area contributed by atoms with E-state index in [1.165, 1.54) is 30.6 Å². The summed E-state index contributed by atoms with van der Waals surface area (Å²) in [7, 11) is 0. The van der Waals surface area contributed by atoms with E-state index in [0.717, 1.165) is 35.7 Å². The minimum atomic E-state index is 0.572. The largest absolute Gasteiger partial charge is 0.357 e. The molecule has 0 aliphatic heterocycles. The molecule has 2 rings (SSSR count). The van der Waals surface area contributed by atoms with Crippen LogP contribution in [0.15, 0.2) is 4.99 Å². The number of hydrogen-bond donors (Lipinski definition) is 2. The van der Waals surface area contributed by atoms with Gasteiger partial charge in [0, 0.05) is 17.5 Å². The van der Waals surface area contributed by atoms with E-state index in [1.807, 2.05) is 0 Å². The van der Waals surface area contributed by atoms with E-state index in [0.29, 0.717) is 6.04 Å². The highest BCUT2D eigenvalue weighted by atomic mass is 32.1. The van der Waals surface area contributed by atoms with Gasteiger partial charge in [-0.3, -0.25) is 0 Å². The zero-order valence-corrected chi connectivity index (χ0v) is 14.5. The Hall–Kier alpha value is -1.10. The van der Waals surface area contributed by atoms with Crippen LogP contribution in [0.4, 0.5) is 0 Å². The third kappa shape index (κ3) is 4.99. The number of nitrogens with zero attached hydrogens (tertiary/aromatic N) is 2. The van der Waals surface area contributed by atoms with Crippen molar-refractivity contribution in [3.8, 4) is 0 Å². The molecule has 0 saturated heterocycles. The van der Waals surface area contributed by atoms with Crippen LogP contribution in [-0.4, -0.2) is 23.5 Å². The van der Waals surface area contributed by atoms with Crippen molar-refractivity contribution in [3.05, 3.63) is 15.6 Å². The molecule has 0 amide bonds. The van der Waals surface area contributed by atoms with Crippen LogP contribution < -0.4 is 10.6 Å². The highest BCUT2D eigenvalue weighted by Gasteiger charge is 2.18. The van der Waals surface area contributed by atoms with Crippen molar-refractivity contribution in [1.29, 1.82) is 0 Å². The molecule has 5 heteroatoms. The quantitative estimate of drug-likeness (QED) is 0.662. The summed E-state index contributed by atoms with van der Waals surface area (Å²) >= 11 is 1.75. The van der Waals surface area contributed by atoms with Gasteiger partial charge in [-0.2, -0.15) is 0 Å². The zero-order valence-electron chi connectivity index (χ0n) is 13.7. The Morgan fingerprint density at radius 1 is 1.29 bits per heavy atom. The summed E-state index contributed by atoms with van der Waals surface area (Å²) in [4.78, 5) is 10.5. The van der Waals surface area contributed by atoms with Gasteiger partial charge in [0.05, 0.1) is 17.2 Å². The molecular formula is C16H28N4S. The van der Waals surface area contributed by atoms with Gasteiger partial charge in [0.25, 0.3) is 0 Å². The molecule has 1 aliphatic rings. The van der Waals surface area contributed by atoms with Crippen molar-refractivity contribution < 1.29 is 0 Å². The Labute approximate surface area is 132 Å². The van der Waals surface area contributed by atoms with E-state index >= 15 is 0 Å². The second-order valence-corrected chi connectivity index (χ2v) is 7.33. The number of hydrogen-bond acceptors (Lipinski definition) is 3. The highest BCUT2D eigenvalue weighted by Crippen LogP contribution is 2.23. The van der Waals surface area contributed by atoms with Crippen molar-refractivity contribution in [2.45, 2.75) is 66.0 Å². The fourth-order valence-corrected chi connectivity index (χ4v) is 3.65. The van der Waals surface area contributed by atoms with Crippen LogP contribution in [-0.2, 0) is 6.54 Å². The first kappa shape index (κ1) is 16.3. The number of nitrogens with one attached hydrogen (secondary N) is 2. The number of guanidine groups is 1. The first-order valence-corrected chi connectivity index (χ1v) is 8.88. The number of rotatable bonds is 4. The average Bonchev–Trinajstić information content (AvgIpc) is 2.77. The van der Waals surface area contributed by atoms with E-state index in [2.05, 4.69) is 43.3 Å². The summed E-state index contributed by atoms with van der Waals surface area (Å²) in [6.07, 6.45) is 5.16. The van der Waals surface area contributed by atoms with Crippen molar-refractivity contribution >= 4 is 17.3 Å². The normalized spacial score (nSPS) is 23.1. The molecule has 1 heterocycles. The topological polar surface area (TPSA) is 49.3 Å². The maximum atomic E-state index is 4.74. The summed E-state index contributed by atoms with van der Waals surface area (Å²) < 4.78 is 0. The predicted molar refractivity (Wildman–Crippen MR) is 91.0 cm³/mol. The molecule has 0 spiro atoms. The fraction of sp³-hybridized carbons (Fsp3) is 0.750. The van der Waals surface area contributed by atoms with Gasteiger partial charge in [-0.05, 0) is 52.4 Å². The smallest absolute Gasteiger partial charge is 0.191 e. The number of aliphatic imine (C=N–C) groups is 1. The second kappa shape index (κ2) is 7.78. The molecule has 0 bridgehead atoms. The zero-order chi connectivity index (χ0) is 15.2. The van der Waals surface area contributed by atoms with Gasteiger partial charge in [0.15, 0.2) is 5.96 Å². The monoisotopic (exact) mass is 308 g/mol. The van der Waals surface area contributed by atoms with Crippen LogP contribution in [0.3, 0.4) is 0 Å². The number of aromatic nitrogens is 1. The van der Waals surface area contributed by atoms with Crippen LogP contribution in [0.2, 0.25) is 0 Å². The van der Waals surface area contributed by atoms with Gasteiger partial charge >= 0.3 is 0 Å². The Balaban J connectivity index is 1.94. The van der Waals surface area contributed by atoms with Crippen molar-refractivity contribution in [1.82, 2.24) is 15.6 Å². The maximum absolute atomic E-state index is 4.74. The molecule has 1 fully saturated rings. The van der Waals surface area contributed by atoms with Crippen molar-refractivity contribution in [3.63, 3.8) is 0 Å². The van der Waals surface area contributed by atoms with E-state index in [1.54, 1.807) is 11.3 Å². The van der Waals surface area contributed by atoms with Gasteiger partial charge in [-0.1, -0.05) is 6.92 Å². The van der Waals surface area contributed by atoms with Gasteiger partial charge in [0.2, 0.25) is 0 Å². The van der Waals surface area contributed by atoms with E-state index in [4.69, 9.17) is 4.99 Å². The lowest BCUT2D eigenvalue weighted by Gasteiger charge is -2.28. The van der Waals surface area contributed by atoms with E-state index < -0.39 is 0 Å². The molecule has 1 aliphatic carbocycles. The Bertz CT molecular complexity index is 473. The van der Waals surface area contributed by atoms with Crippen LogP contribution >= 0.6 is 11.3 Å². The first-order chi connectivity index (χ1) is 10.1. The number of aryl methyl sites for hydroxylation is 2. The molecule has 0 radical (unpaired) electrons. The molecule has 0 aromatic carbocycles. The molecule has 1 aromatic rings. The van der Waals surface area contributed by atoms with Gasteiger partial charge < -0.3 is 10.6 Å². The van der Waals surface area contributed by atoms with E-state index in [9.17, 15) is 0 Å². The van der Waals surface area contributed by atoms with E-state index in [-0.39, 0.29) is 0 Å². The Morgan fingerprint density at radius 3 is 2.57 bits per heavy atom. The van der Waals surface area contributed by atoms with Crippen LogP contribution in [0.1, 0.15) is 55.1 Å². The van der Waals surface area contributed by atoms with Gasteiger partial charge in [0.1, 0.15) is 0 Å². The van der Waals surface area contributed by atoms with Crippen LogP contribution in [0.25, 0.3) is 0 Å². The molecule has 4 nitrogen and oxygen atoms in total. The summed E-state index contributed by atoms with van der Waals surface area (Å²) in [5.41, 5.74) is 1.11. The fourth-order valence-electron chi connectivity index (χ4n) is 2.79. The molecule has 118 valence electrons. The molecular weight excluding hydrogens is 280 g/mol. The third-order valence-corrected chi connectivity index (χ3v) is 5.14. The van der Waals surface area contributed by atoms with Crippen LogP contribution in [0, 0.1) is 19.8 Å². The second-order valence-electron chi connectivity index (χ2n) is 6.04. The summed E-state index contributed by atoms with van der Waals surface area (Å²) in [6, 6.07) is 0.572. The molecule has 21 heavy (non-hydrogen) atoms. The molecule has 1 saturated carbocycles. The Kier molecular flexibility index (Phi) is 6.03. The average molecular weight is 308 g/mol. The minimum absolute atomic E-state index is 0.572. The minimum Gasteiger partial charge on any atom is -0.357 e. The van der Waals surface area contributed by atoms with Crippen molar-refractivity contribution in [2.24, 2.45) is 10.9 Å². The Morgan fingerprint density at radius 2 is 2.00 bits per heavy atom. The molecule has 1 aromatic heterocycles. The predicted octanol–water partition coefficient (Wildman–Crippen LogP) is 3.39. The van der Waals surface area contributed by atoms with Crippen molar-refractivity contribution in [2.75, 3.05) is 6.54 Å². The molecule has 0 unspecified atom stereocenters. The molecule has 0 atom stereocenters. The summed E-state index contributed by atoms with van der Waals surface area (Å²) in [5, 5.41) is 8.08. The molecule has 2 N–H and O–H groups in total. The SMILES string of the molecule is CCNC(=NCc1sc(C)nc1C)NC1CCC(C)CC1. The summed E-state index contributed by atoms with van der Waals surface area (Å²) in [5.74, 6) is 1.83. The lowest BCUT2D eigenvalue weighted by Crippen LogP contribution is -2.44. The summed E-state index contributed by atoms with van der Waals surface area (Å²) in [6.45, 7) is 10.2. The highest BCUT2D eigenvalue weighted by molar-refractivity contribution is 7.11. The lowest BCUT2D eigenvalue weighted by atomic mass is 9.87. The van der Waals surface area contributed by atoms with Gasteiger partial charge in [-0.15, -0.1) is 11.3 Å².